The lowest BCUT2D eigenvalue weighted by Gasteiger charge is -2.21. The highest BCUT2D eigenvalue weighted by atomic mass is 35.5. The Bertz CT molecular complexity index is 858. The number of thiocarbonyl (C=S) groups is 1. The lowest BCUT2D eigenvalue weighted by atomic mass is 9.86. The number of rotatable bonds is 2. The number of anilines is 1. The molecule has 1 aliphatic carbocycles. The van der Waals surface area contributed by atoms with Crippen LogP contribution in [0.4, 0.5) is 5.69 Å². The fourth-order valence-electron chi connectivity index (χ4n) is 3.28. The topological polar surface area (TPSA) is 36.4 Å². The molecule has 0 heterocycles. The van der Waals surface area contributed by atoms with Crippen molar-refractivity contribution in [2.45, 2.75) is 40.0 Å². The van der Waals surface area contributed by atoms with E-state index in [9.17, 15) is 0 Å². The number of halogens is 1. The molecule has 2 aromatic rings. The zero-order valence-corrected chi connectivity index (χ0v) is 16.3. The van der Waals surface area contributed by atoms with Crippen molar-refractivity contribution < 1.29 is 0 Å². The Balaban J connectivity index is 1.77. The van der Waals surface area contributed by atoms with Gasteiger partial charge >= 0.3 is 0 Å². The maximum absolute atomic E-state index is 6.15. The molecule has 0 fully saturated rings. The largest absolute Gasteiger partial charge is 0.331 e. The van der Waals surface area contributed by atoms with Crippen molar-refractivity contribution in [3.63, 3.8) is 0 Å². The third-order valence-electron chi connectivity index (χ3n) is 4.58. The van der Waals surface area contributed by atoms with Gasteiger partial charge in [-0.25, -0.2) is 0 Å². The fraction of sp³-hybridized carbons (Fsp3) is 0.300. The normalized spacial score (nSPS) is 15.0. The SMILES string of the molecule is Cc1cc(C)c2c(c1)/C(=N\NC(=S)Nc1cccc(Cl)c1C)CCC2. The Morgan fingerprint density at radius 2 is 1.96 bits per heavy atom. The molecule has 5 heteroatoms. The van der Waals surface area contributed by atoms with Crippen LogP contribution in [-0.2, 0) is 6.42 Å². The first-order chi connectivity index (χ1) is 12.0. The first kappa shape index (κ1) is 17.9. The van der Waals surface area contributed by atoms with Crippen LogP contribution in [0, 0.1) is 20.8 Å². The average molecular weight is 372 g/mol. The molecule has 0 radical (unpaired) electrons. The summed E-state index contributed by atoms with van der Waals surface area (Å²) in [6, 6.07) is 10.2. The third kappa shape index (κ3) is 4.02. The zero-order chi connectivity index (χ0) is 18.0. The second-order valence-electron chi connectivity index (χ2n) is 6.50. The van der Waals surface area contributed by atoms with E-state index in [1.54, 1.807) is 0 Å². The Morgan fingerprint density at radius 1 is 1.16 bits per heavy atom. The summed E-state index contributed by atoms with van der Waals surface area (Å²) in [6.07, 6.45) is 3.19. The molecule has 0 spiro atoms. The van der Waals surface area contributed by atoms with Gasteiger partial charge in [0.05, 0.1) is 5.71 Å². The fourth-order valence-corrected chi connectivity index (χ4v) is 3.61. The minimum Gasteiger partial charge on any atom is -0.331 e. The number of aryl methyl sites for hydroxylation is 2. The molecule has 25 heavy (non-hydrogen) atoms. The Kier molecular flexibility index (Phi) is 5.40. The molecule has 0 saturated carbocycles. The number of hydrogen-bond donors (Lipinski definition) is 2. The lowest BCUT2D eigenvalue weighted by molar-refractivity contribution is 0.821. The van der Waals surface area contributed by atoms with Crippen LogP contribution in [0.25, 0.3) is 0 Å². The Hall–Kier alpha value is -1.91. The van der Waals surface area contributed by atoms with Gasteiger partial charge in [-0.1, -0.05) is 29.3 Å². The van der Waals surface area contributed by atoms with Gasteiger partial charge < -0.3 is 5.32 Å². The smallest absolute Gasteiger partial charge is 0.191 e. The molecule has 3 nitrogen and oxygen atoms in total. The van der Waals surface area contributed by atoms with Crippen molar-refractivity contribution >= 4 is 40.3 Å². The van der Waals surface area contributed by atoms with Crippen molar-refractivity contribution in [1.29, 1.82) is 0 Å². The number of nitrogens with one attached hydrogen (secondary N) is 2. The molecule has 0 saturated heterocycles. The number of nitrogens with zero attached hydrogens (tertiary/aromatic N) is 1. The lowest BCUT2D eigenvalue weighted by Crippen LogP contribution is -2.27. The van der Waals surface area contributed by atoms with E-state index in [4.69, 9.17) is 23.8 Å². The van der Waals surface area contributed by atoms with Gasteiger partial charge in [0.2, 0.25) is 0 Å². The van der Waals surface area contributed by atoms with Crippen molar-refractivity contribution in [3.05, 3.63) is 63.2 Å². The number of hydrazone groups is 1. The monoisotopic (exact) mass is 371 g/mol. The molecule has 2 aromatic carbocycles. The van der Waals surface area contributed by atoms with E-state index in [-0.39, 0.29) is 0 Å². The Labute approximate surface area is 159 Å². The molecule has 0 amide bonds. The summed E-state index contributed by atoms with van der Waals surface area (Å²) in [7, 11) is 0. The van der Waals surface area contributed by atoms with Crippen LogP contribution in [0.5, 0.6) is 0 Å². The molecule has 0 aromatic heterocycles. The molecule has 130 valence electrons. The molecule has 0 atom stereocenters. The average Bonchev–Trinajstić information content (AvgIpc) is 2.57. The molecule has 1 aliphatic rings. The standard InChI is InChI=1S/C20H22ClN3S/c1-12-10-13(2)15-6-4-9-19(16(15)11-12)23-24-20(25)22-18-8-5-7-17(21)14(18)3/h5,7-8,10-11H,4,6,9H2,1-3H3,(H2,22,24,25)/b23-19-. The number of fused-ring (bicyclic) bond motifs is 1. The van der Waals surface area contributed by atoms with Gasteiger partial charge in [0.15, 0.2) is 5.11 Å². The van der Waals surface area contributed by atoms with Crippen LogP contribution in [0.2, 0.25) is 5.02 Å². The van der Waals surface area contributed by atoms with E-state index in [0.717, 1.165) is 36.2 Å². The van der Waals surface area contributed by atoms with Gasteiger partial charge in [-0.05, 0) is 87.1 Å². The molecule has 0 aliphatic heterocycles. The molecular weight excluding hydrogens is 350 g/mol. The predicted molar refractivity (Wildman–Crippen MR) is 111 cm³/mol. The summed E-state index contributed by atoms with van der Waals surface area (Å²) in [5.74, 6) is 0. The minimum atomic E-state index is 0.467. The summed E-state index contributed by atoms with van der Waals surface area (Å²) in [6.45, 7) is 6.26. The summed E-state index contributed by atoms with van der Waals surface area (Å²) in [5.41, 5.74) is 11.2. The molecule has 0 bridgehead atoms. The van der Waals surface area contributed by atoms with Crippen molar-refractivity contribution in [1.82, 2.24) is 5.43 Å². The van der Waals surface area contributed by atoms with E-state index in [2.05, 4.69) is 41.8 Å². The quantitative estimate of drug-likeness (QED) is 0.556. The van der Waals surface area contributed by atoms with Gasteiger partial charge in [0.25, 0.3) is 0 Å². The van der Waals surface area contributed by atoms with Gasteiger partial charge in [0, 0.05) is 16.3 Å². The molecule has 2 N–H and O–H groups in total. The summed E-state index contributed by atoms with van der Waals surface area (Å²) >= 11 is 11.5. The second kappa shape index (κ2) is 7.54. The van der Waals surface area contributed by atoms with Crippen LogP contribution >= 0.6 is 23.8 Å². The molecule has 3 rings (SSSR count). The van der Waals surface area contributed by atoms with Crippen molar-refractivity contribution in [2.24, 2.45) is 5.10 Å². The van der Waals surface area contributed by atoms with Crippen LogP contribution in [0.3, 0.4) is 0 Å². The predicted octanol–water partition coefficient (Wildman–Crippen LogP) is 5.29. The molecular formula is C20H22ClN3S. The summed E-state index contributed by atoms with van der Waals surface area (Å²) in [5, 5.41) is 8.93. The van der Waals surface area contributed by atoms with Crippen molar-refractivity contribution in [2.75, 3.05) is 5.32 Å². The molecule has 0 unspecified atom stereocenters. The van der Waals surface area contributed by atoms with Gasteiger partial charge in [-0.2, -0.15) is 5.10 Å². The maximum atomic E-state index is 6.15. The summed E-state index contributed by atoms with van der Waals surface area (Å²) < 4.78 is 0. The number of benzene rings is 2. The van der Waals surface area contributed by atoms with Gasteiger partial charge in [-0.15, -0.1) is 0 Å². The number of hydrogen-bond acceptors (Lipinski definition) is 2. The van der Waals surface area contributed by atoms with Crippen LogP contribution in [0.1, 0.15) is 40.7 Å². The van der Waals surface area contributed by atoms with E-state index < -0.39 is 0 Å². The first-order valence-corrected chi connectivity index (χ1v) is 9.23. The minimum absolute atomic E-state index is 0.467. The van der Waals surface area contributed by atoms with Gasteiger partial charge in [-0.3, -0.25) is 5.43 Å². The first-order valence-electron chi connectivity index (χ1n) is 8.45. The van der Waals surface area contributed by atoms with E-state index in [0.29, 0.717) is 10.1 Å². The van der Waals surface area contributed by atoms with Crippen molar-refractivity contribution in [3.8, 4) is 0 Å². The zero-order valence-electron chi connectivity index (χ0n) is 14.7. The van der Waals surface area contributed by atoms with Crippen LogP contribution in [-0.4, -0.2) is 10.8 Å². The highest BCUT2D eigenvalue weighted by molar-refractivity contribution is 7.80. The summed E-state index contributed by atoms with van der Waals surface area (Å²) in [4.78, 5) is 0. The van der Waals surface area contributed by atoms with Crippen LogP contribution in [0.15, 0.2) is 35.4 Å². The van der Waals surface area contributed by atoms with E-state index in [1.807, 2.05) is 25.1 Å². The van der Waals surface area contributed by atoms with E-state index >= 15 is 0 Å². The highest BCUT2D eigenvalue weighted by Crippen LogP contribution is 2.26. The van der Waals surface area contributed by atoms with Crippen LogP contribution < -0.4 is 10.7 Å². The highest BCUT2D eigenvalue weighted by Gasteiger charge is 2.18. The van der Waals surface area contributed by atoms with Gasteiger partial charge in [0.1, 0.15) is 0 Å². The van der Waals surface area contributed by atoms with E-state index in [1.165, 1.54) is 22.3 Å². The second-order valence-corrected chi connectivity index (χ2v) is 7.31. The third-order valence-corrected chi connectivity index (χ3v) is 5.18. The maximum Gasteiger partial charge on any atom is 0.191 e. The Morgan fingerprint density at radius 3 is 2.76 bits per heavy atom.